The van der Waals surface area contributed by atoms with Crippen LogP contribution in [0.2, 0.25) is 0 Å². The Morgan fingerprint density at radius 3 is 1.14 bits per heavy atom. The van der Waals surface area contributed by atoms with Crippen molar-refractivity contribution in [2.75, 3.05) is 14.1 Å². The Morgan fingerprint density at radius 2 is 1.00 bits per heavy atom. The maximum atomic E-state index is 4.05. The highest BCUT2D eigenvalue weighted by molar-refractivity contribution is 5.19. The molecule has 0 fully saturated rings. The third-order valence-electron chi connectivity index (χ3n) is 3.67. The van der Waals surface area contributed by atoms with Crippen molar-refractivity contribution < 1.29 is 0 Å². The molecule has 0 aromatic carbocycles. The van der Waals surface area contributed by atoms with E-state index in [2.05, 4.69) is 51.5 Å². The van der Waals surface area contributed by atoms with Crippen molar-refractivity contribution in [1.29, 1.82) is 0 Å². The Bertz CT molecular complexity index is 211. The molecular weight excluding hydrogens is 172 g/mol. The van der Waals surface area contributed by atoms with Crippen LogP contribution in [-0.4, -0.2) is 14.1 Å². The zero-order chi connectivity index (χ0) is 11.6. The molecule has 0 bridgehead atoms. The molecule has 0 unspecified atom stereocenters. The molecule has 0 rings (SSSR count). The third kappa shape index (κ3) is 1.94. The summed E-state index contributed by atoms with van der Waals surface area (Å²) in [6, 6.07) is 0. The van der Waals surface area contributed by atoms with Gasteiger partial charge in [0.15, 0.2) is 0 Å². The molecule has 0 atom stereocenters. The van der Waals surface area contributed by atoms with E-state index < -0.39 is 0 Å². The Labute approximate surface area is 88.5 Å². The van der Waals surface area contributed by atoms with Crippen molar-refractivity contribution >= 4 is 0 Å². The van der Waals surface area contributed by atoms with Crippen LogP contribution in [0, 0.1) is 10.8 Å². The first-order valence-electron chi connectivity index (χ1n) is 4.96. The van der Waals surface area contributed by atoms with E-state index in [1.54, 1.807) is 0 Å². The van der Waals surface area contributed by atoms with Crippen molar-refractivity contribution in [3.8, 4) is 0 Å². The van der Waals surface area contributed by atoms with Gasteiger partial charge in [-0.1, -0.05) is 40.9 Å². The monoisotopic (exact) mass is 196 g/mol. The second-order valence-corrected chi connectivity index (χ2v) is 4.71. The van der Waals surface area contributed by atoms with E-state index in [9.17, 15) is 0 Å². The Kier molecular flexibility index (Phi) is 3.81. The molecule has 0 aliphatic heterocycles. The molecule has 0 heterocycles. The molecule has 0 aliphatic carbocycles. The summed E-state index contributed by atoms with van der Waals surface area (Å²) >= 11 is 0. The molecule has 0 aromatic heterocycles. The van der Waals surface area contributed by atoms with Gasteiger partial charge in [-0.05, 0) is 0 Å². The molecule has 0 amide bonds. The molecule has 0 saturated heterocycles. The van der Waals surface area contributed by atoms with Gasteiger partial charge >= 0.3 is 0 Å². The van der Waals surface area contributed by atoms with Crippen molar-refractivity contribution in [1.82, 2.24) is 10.6 Å². The quantitative estimate of drug-likeness (QED) is 0.706. The fourth-order valence-electron chi connectivity index (χ4n) is 1.38. The van der Waals surface area contributed by atoms with Crippen molar-refractivity contribution in [2.24, 2.45) is 10.8 Å². The van der Waals surface area contributed by atoms with Gasteiger partial charge in [0.05, 0.1) is 0 Å². The minimum atomic E-state index is -0.0398. The molecule has 0 aliphatic rings. The average molecular weight is 196 g/mol. The third-order valence-corrected chi connectivity index (χ3v) is 3.67. The predicted octanol–water partition coefficient (Wildman–Crippen LogP) is 2.51. The summed E-state index contributed by atoms with van der Waals surface area (Å²) in [6.45, 7) is 16.8. The van der Waals surface area contributed by atoms with Gasteiger partial charge in [0, 0.05) is 36.3 Å². The van der Waals surface area contributed by atoms with Crippen LogP contribution in [0.25, 0.3) is 0 Å². The number of nitrogens with one attached hydrogen (secondary N) is 2. The van der Waals surface area contributed by atoms with E-state index >= 15 is 0 Å². The number of allylic oxidation sites excluding steroid dienone is 2. The summed E-state index contributed by atoms with van der Waals surface area (Å²) in [5.41, 5.74) is 1.97. The maximum Gasteiger partial charge on any atom is 0.0143 e. The van der Waals surface area contributed by atoms with Crippen LogP contribution in [0.3, 0.4) is 0 Å². The van der Waals surface area contributed by atoms with Gasteiger partial charge in [0.2, 0.25) is 0 Å². The molecule has 0 saturated carbocycles. The standard InChI is InChI=1S/C12H24N2/c1-9(13-7)11(3,4)12(5,6)10(2)14-8/h13-14H,1-2H2,3-8H3. The molecule has 14 heavy (non-hydrogen) atoms. The van der Waals surface area contributed by atoms with Gasteiger partial charge in [0.25, 0.3) is 0 Å². The molecule has 0 aromatic rings. The summed E-state index contributed by atoms with van der Waals surface area (Å²) in [6.07, 6.45) is 0. The average Bonchev–Trinajstić information content (AvgIpc) is 2.14. The van der Waals surface area contributed by atoms with Crippen LogP contribution >= 0.6 is 0 Å². The molecule has 2 heteroatoms. The summed E-state index contributed by atoms with van der Waals surface area (Å²) in [7, 11) is 3.81. The molecular formula is C12H24N2. The largest absolute Gasteiger partial charge is 0.391 e. The van der Waals surface area contributed by atoms with E-state index in [4.69, 9.17) is 0 Å². The van der Waals surface area contributed by atoms with E-state index in [1.165, 1.54) is 0 Å². The summed E-state index contributed by atoms with van der Waals surface area (Å²) in [4.78, 5) is 0. The first kappa shape index (κ1) is 13.1. The zero-order valence-corrected chi connectivity index (χ0v) is 10.4. The second kappa shape index (κ2) is 4.07. The molecule has 0 radical (unpaired) electrons. The van der Waals surface area contributed by atoms with Gasteiger partial charge in [0.1, 0.15) is 0 Å². The highest BCUT2D eigenvalue weighted by Crippen LogP contribution is 2.46. The fourth-order valence-corrected chi connectivity index (χ4v) is 1.38. The second-order valence-electron chi connectivity index (χ2n) is 4.71. The minimum absolute atomic E-state index is 0.0398. The lowest BCUT2D eigenvalue weighted by Crippen LogP contribution is -2.41. The van der Waals surface area contributed by atoms with Gasteiger partial charge < -0.3 is 10.6 Å². The van der Waals surface area contributed by atoms with E-state index in [0.717, 1.165) is 11.4 Å². The van der Waals surface area contributed by atoms with Crippen LogP contribution in [0.15, 0.2) is 24.6 Å². The maximum absolute atomic E-state index is 4.05. The van der Waals surface area contributed by atoms with Crippen LogP contribution in [-0.2, 0) is 0 Å². The van der Waals surface area contributed by atoms with Gasteiger partial charge in [-0.2, -0.15) is 0 Å². The summed E-state index contributed by atoms with van der Waals surface area (Å²) in [5, 5.41) is 6.25. The van der Waals surface area contributed by atoms with Crippen LogP contribution in [0.1, 0.15) is 27.7 Å². The van der Waals surface area contributed by atoms with E-state index in [0.29, 0.717) is 0 Å². The van der Waals surface area contributed by atoms with Gasteiger partial charge in [-0.3, -0.25) is 0 Å². The van der Waals surface area contributed by atoms with Crippen LogP contribution in [0.5, 0.6) is 0 Å². The topological polar surface area (TPSA) is 24.1 Å². The van der Waals surface area contributed by atoms with Crippen molar-refractivity contribution in [2.45, 2.75) is 27.7 Å². The normalized spacial score (nSPS) is 12.1. The molecule has 2 N–H and O–H groups in total. The number of hydrogen-bond acceptors (Lipinski definition) is 2. The highest BCUT2D eigenvalue weighted by atomic mass is 14.9. The molecule has 82 valence electrons. The lowest BCUT2D eigenvalue weighted by Gasteiger charge is -2.44. The van der Waals surface area contributed by atoms with Gasteiger partial charge in [-0.15, -0.1) is 0 Å². The Hall–Kier alpha value is -0.920. The van der Waals surface area contributed by atoms with Gasteiger partial charge in [-0.25, -0.2) is 0 Å². The van der Waals surface area contributed by atoms with Crippen molar-refractivity contribution in [3.05, 3.63) is 24.6 Å². The predicted molar refractivity (Wildman–Crippen MR) is 64.0 cm³/mol. The first-order chi connectivity index (χ1) is 6.21. The Morgan fingerprint density at radius 1 is 0.786 bits per heavy atom. The van der Waals surface area contributed by atoms with Crippen molar-refractivity contribution in [3.63, 3.8) is 0 Å². The lowest BCUT2D eigenvalue weighted by atomic mass is 9.64. The Balaban J connectivity index is 5.06. The zero-order valence-electron chi connectivity index (χ0n) is 10.4. The smallest absolute Gasteiger partial charge is 0.0143 e. The SMILES string of the molecule is C=C(NC)C(C)(C)C(C)(C)C(=C)NC. The van der Waals surface area contributed by atoms with E-state index in [1.807, 2.05) is 14.1 Å². The van der Waals surface area contributed by atoms with E-state index in [-0.39, 0.29) is 10.8 Å². The lowest BCUT2D eigenvalue weighted by molar-refractivity contribution is 0.182. The highest BCUT2D eigenvalue weighted by Gasteiger charge is 2.40. The fraction of sp³-hybridized carbons (Fsp3) is 0.667. The van der Waals surface area contributed by atoms with Crippen LogP contribution < -0.4 is 10.6 Å². The minimum Gasteiger partial charge on any atom is -0.391 e. The first-order valence-corrected chi connectivity index (χ1v) is 4.96. The number of hydrogen-bond donors (Lipinski definition) is 2. The molecule has 2 nitrogen and oxygen atoms in total. The summed E-state index contributed by atoms with van der Waals surface area (Å²) < 4.78 is 0. The molecule has 0 spiro atoms. The number of rotatable bonds is 5. The summed E-state index contributed by atoms with van der Waals surface area (Å²) in [5.74, 6) is 0. The van der Waals surface area contributed by atoms with Crippen LogP contribution in [0.4, 0.5) is 0 Å².